The third-order valence-electron chi connectivity index (χ3n) is 4.20. The van der Waals surface area contributed by atoms with Crippen molar-refractivity contribution in [2.24, 2.45) is 0 Å². The number of aryl methyl sites for hydroxylation is 1. The predicted octanol–water partition coefficient (Wildman–Crippen LogP) is 5.53. The van der Waals surface area contributed by atoms with Gasteiger partial charge < -0.3 is 0 Å². The van der Waals surface area contributed by atoms with Gasteiger partial charge in [-0.05, 0) is 37.3 Å². The molecule has 0 saturated heterocycles. The van der Waals surface area contributed by atoms with Crippen LogP contribution in [-0.2, 0) is 6.18 Å². The number of nitrogens with zero attached hydrogens (tertiary/aromatic N) is 3. The number of hydrogen-bond donors (Lipinski definition) is 0. The van der Waals surface area contributed by atoms with Crippen molar-refractivity contribution in [2.75, 3.05) is 0 Å². The molecule has 7 heteroatoms. The molecule has 0 unspecified atom stereocenters. The molecule has 0 fully saturated rings. The Labute approximate surface area is 151 Å². The van der Waals surface area contributed by atoms with Crippen molar-refractivity contribution in [1.82, 2.24) is 14.6 Å². The Morgan fingerprint density at radius 2 is 1.41 bits per heavy atom. The van der Waals surface area contributed by atoms with Crippen LogP contribution in [0.1, 0.15) is 11.3 Å². The van der Waals surface area contributed by atoms with Crippen molar-refractivity contribution in [2.45, 2.75) is 13.1 Å². The first-order valence-electron chi connectivity index (χ1n) is 8.12. The molecule has 0 aliphatic carbocycles. The average molecular weight is 371 g/mol. The summed E-state index contributed by atoms with van der Waals surface area (Å²) in [5, 5.41) is 4.10. The third-order valence-corrected chi connectivity index (χ3v) is 4.20. The fourth-order valence-electron chi connectivity index (χ4n) is 2.81. The summed E-state index contributed by atoms with van der Waals surface area (Å²) in [6, 6.07) is 14.9. The van der Waals surface area contributed by atoms with E-state index >= 15 is 0 Å². The Kier molecular flexibility index (Phi) is 3.95. The molecule has 0 radical (unpaired) electrons. The van der Waals surface area contributed by atoms with Crippen LogP contribution in [0.25, 0.3) is 28.2 Å². The first-order chi connectivity index (χ1) is 12.8. The minimum absolute atomic E-state index is 0.0692. The third kappa shape index (κ3) is 3.28. The van der Waals surface area contributed by atoms with E-state index in [0.717, 1.165) is 16.1 Å². The zero-order chi connectivity index (χ0) is 19.2. The molecular formula is C20H13F4N3. The van der Waals surface area contributed by atoms with E-state index in [-0.39, 0.29) is 11.3 Å². The molecule has 2 heterocycles. The lowest BCUT2D eigenvalue weighted by molar-refractivity contribution is -0.142. The molecule has 0 saturated carbocycles. The van der Waals surface area contributed by atoms with Crippen LogP contribution in [0.15, 0.2) is 60.7 Å². The Hall–Kier alpha value is -3.22. The Balaban J connectivity index is 1.93. The van der Waals surface area contributed by atoms with Gasteiger partial charge in [-0.15, -0.1) is 0 Å². The van der Waals surface area contributed by atoms with Crippen LogP contribution >= 0.6 is 0 Å². The summed E-state index contributed by atoms with van der Waals surface area (Å²) in [5.41, 5.74) is 1.75. The quantitative estimate of drug-likeness (QED) is 0.434. The molecule has 4 aromatic rings. The standard InChI is InChI=1S/C20H13F4N3/c1-12-2-4-14(5-3-12)17-11-19-25-16(13-6-8-15(21)9-7-13)10-18(20(22,23)24)27(19)26-17/h2-11H,1H3. The molecule has 0 spiro atoms. The highest BCUT2D eigenvalue weighted by atomic mass is 19.4. The average Bonchev–Trinajstić information content (AvgIpc) is 3.05. The van der Waals surface area contributed by atoms with Crippen LogP contribution < -0.4 is 0 Å². The molecule has 27 heavy (non-hydrogen) atoms. The van der Waals surface area contributed by atoms with Crippen molar-refractivity contribution < 1.29 is 17.6 Å². The van der Waals surface area contributed by atoms with Crippen LogP contribution in [0.2, 0.25) is 0 Å². The van der Waals surface area contributed by atoms with Gasteiger partial charge >= 0.3 is 6.18 Å². The first-order valence-corrected chi connectivity index (χ1v) is 8.12. The van der Waals surface area contributed by atoms with Gasteiger partial charge in [-0.2, -0.15) is 18.3 Å². The Morgan fingerprint density at radius 1 is 0.815 bits per heavy atom. The molecule has 4 rings (SSSR count). The van der Waals surface area contributed by atoms with Gasteiger partial charge in [-0.3, -0.25) is 0 Å². The van der Waals surface area contributed by atoms with E-state index in [1.54, 1.807) is 12.1 Å². The largest absolute Gasteiger partial charge is 0.433 e. The van der Waals surface area contributed by atoms with Crippen LogP contribution in [0.3, 0.4) is 0 Å². The van der Waals surface area contributed by atoms with Crippen LogP contribution in [0.5, 0.6) is 0 Å². The van der Waals surface area contributed by atoms with E-state index in [1.165, 1.54) is 30.3 Å². The topological polar surface area (TPSA) is 30.2 Å². The van der Waals surface area contributed by atoms with E-state index in [2.05, 4.69) is 10.1 Å². The zero-order valence-corrected chi connectivity index (χ0v) is 14.1. The maximum Gasteiger partial charge on any atom is 0.433 e. The molecule has 3 nitrogen and oxygen atoms in total. The number of rotatable bonds is 2. The fourth-order valence-corrected chi connectivity index (χ4v) is 2.81. The molecule has 2 aromatic carbocycles. The van der Waals surface area contributed by atoms with E-state index in [4.69, 9.17) is 0 Å². The van der Waals surface area contributed by atoms with Gasteiger partial charge in [0.05, 0.1) is 11.4 Å². The van der Waals surface area contributed by atoms with Crippen molar-refractivity contribution in [1.29, 1.82) is 0 Å². The number of fused-ring (bicyclic) bond motifs is 1. The Bertz CT molecular complexity index is 1110. The summed E-state index contributed by atoms with van der Waals surface area (Å²) >= 11 is 0. The summed E-state index contributed by atoms with van der Waals surface area (Å²) in [7, 11) is 0. The second kappa shape index (κ2) is 6.19. The van der Waals surface area contributed by atoms with Gasteiger partial charge in [0.15, 0.2) is 11.3 Å². The van der Waals surface area contributed by atoms with Crippen LogP contribution in [0, 0.1) is 12.7 Å². The molecule has 0 N–H and O–H groups in total. The minimum Gasteiger partial charge on any atom is -0.228 e. The van der Waals surface area contributed by atoms with E-state index < -0.39 is 17.7 Å². The fraction of sp³-hybridized carbons (Fsp3) is 0.100. The Morgan fingerprint density at radius 3 is 2.04 bits per heavy atom. The summed E-state index contributed by atoms with van der Waals surface area (Å²) in [6.07, 6.45) is -4.62. The molecule has 0 bridgehead atoms. The van der Waals surface area contributed by atoms with Gasteiger partial charge in [-0.25, -0.2) is 13.9 Å². The summed E-state index contributed by atoms with van der Waals surface area (Å²) < 4.78 is 54.7. The SMILES string of the molecule is Cc1ccc(-c2cc3nc(-c4ccc(F)cc4)cc(C(F)(F)F)n3n2)cc1. The lowest BCUT2D eigenvalue weighted by Crippen LogP contribution is -2.13. The van der Waals surface area contributed by atoms with Crippen molar-refractivity contribution >= 4 is 5.65 Å². The zero-order valence-electron chi connectivity index (χ0n) is 14.1. The monoisotopic (exact) mass is 371 g/mol. The molecule has 0 amide bonds. The number of hydrogen-bond acceptors (Lipinski definition) is 2. The molecule has 0 atom stereocenters. The highest BCUT2D eigenvalue weighted by Gasteiger charge is 2.35. The van der Waals surface area contributed by atoms with Gasteiger partial charge in [0.1, 0.15) is 5.82 Å². The maximum atomic E-state index is 13.6. The van der Waals surface area contributed by atoms with E-state index in [9.17, 15) is 17.6 Å². The highest BCUT2D eigenvalue weighted by Crippen LogP contribution is 2.33. The first kappa shape index (κ1) is 17.2. The molecule has 2 aromatic heterocycles. The van der Waals surface area contributed by atoms with Gasteiger partial charge in [0, 0.05) is 17.2 Å². The summed E-state index contributed by atoms with van der Waals surface area (Å²) in [6.45, 7) is 1.92. The summed E-state index contributed by atoms with van der Waals surface area (Å²) in [4.78, 5) is 4.29. The minimum atomic E-state index is -4.62. The second-order valence-electron chi connectivity index (χ2n) is 6.20. The van der Waals surface area contributed by atoms with Gasteiger partial charge in [0.2, 0.25) is 0 Å². The number of alkyl halides is 3. The molecule has 0 aliphatic heterocycles. The van der Waals surface area contributed by atoms with E-state index in [0.29, 0.717) is 16.8 Å². The predicted molar refractivity (Wildman–Crippen MR) is 93.6 cm³/mol. The smallest absolute Gasteiger partial charge is 0.228 e. The van der Waals surface area contributed by atoms with E-state index in [1.807, 2.05) is 19.1 Å². The van der Waals surface area contributed by atoms with Gasteiger partial charge in [0.25, 0.3) is 0 Å². The highest BCUT2D eigenvalue weighted by molar-refractivity contribution is 5.68. The molecular weight excluding hydrogens is 358 g/mol. The lowest BCUT2D eigenvalue weighted by Gasteiger charge is -2.11. The summed E-state index contributed by atoms with van der Waals surface area (Å²) in [5.74, 6) is -0.470. The lowest BCUT2D eigenvalue weighted by atomic mass is 10.1. The normalized spacial score (nSPS) is 11.9. The van der Waals surface area contributed by atoms with Gasteiger partial charge in [-0.1, -0.05) is 29.8 Å². The molecule has 136 valence electrons. The molecule has 0 aliphatic rings. The maximum absolute atomic E-state index is 13.6. The van der Waals surface area contributed by atoms with Crippen molar-refractivity contribution in [3.8, 4) is 22.5 Å². The number of benzene rings is 2. The van der Waals surface area contributed by atoms with Crippen LogP contribution in [-0.4, -0.2) is 14.6 Å². The second-order valence-corrected chi connectivity index (χ2v) is 6.20. The van der Waals surface area contributed by atoms with Crippen molar-refractivity contribution in [3.05, 3.63) is 77.7 Å². The van der Waals surface area contributed by atoms with Crippen molar-refractivity contribution in [3.63, 3.8) is 0 Å². The van der Waals surface area contributed by atoms with Crippen LogP contribution in [0.4, 0.5) is 17.6 Å². The number of aromatic nitrogens is 3. The number of halogens is 4.